The van der Waals surface area contributed by atoms with Gasteiger partial charge in [0, 0.05) is 42.6 Å². The third-order valence-corrected chi connectivity index (χ3v) is 12.6. The van der Waals surface area contributed by atoms with E-state index in [2.05, 4.69) is 54.6 Å². The van der Waals surface area contributed by atoms with E-state index in [0.29, 0.717) is 0 Å². The minimum atomic E-state index is 0. The van der Waals surface area contributed by atoms with Gasteiger partial charge in [0.15, 0.2) is 0 Å². The molecule has 7 heteroatoms. The molecule has 3 aliphatic rings. The van der Waals surface area contributed by atoms with Gasteiger partial charge in [-0.15, -0.1) is 59.2 Å². The van der Waals surface area contributed by atoms with Gasteiger partial charge in [0.1, 0.15) is 0 Å². The van der Waals surface area contributed by atoms with Crippen LogP contribution >= 0.6 is 70.6 Å². The van der Waals surface area contributed by atoms with Crippen LogP contribution in [0.2, 0.25) is 0 Å². The molecule has 0 N–H and O–H groups in total. The molecule has 3 aromatic carbocycles. The molecular weight excluding hydrogens is 537 g/mol. The quantitative estimate of drug-likeness (QED) is 0.227. The number of hydrogen-bond acceptors (Lipinski definition) is 6. The molecule has 0 unspecified atom stereocenters. The summed E-state index contributed by atoms with van der Waals surface area (Å²) in [6, 6.07) is 27.4. The van der Waals surface area contributed by atoms with Gasteiger partial charge in [-0.2, -0.15) is 30.3 Å². The first kappa shape index (κ1) is 23.9. The maximum Gasteiger partial charge on any atom is 0.0577 e. The van der Waals surface area contributed by atoms with Gasteiger partial charge in [0.05, 0.1) is 8.47 Å². The van der Waals surface area contributed by atoms with Crippen molar-refractivity contribution in [3.05, 3.63) is 107 Å². The third-order valence-electron chi connectivity index (χ3n) is 4.37. The normalized spacial score (nSPS) is 16.8. The van der Waals surface area contributed by atoms with Crippen molar-refractivity contribution in [1.82, 2.24) is 0 Å². The van der Waals surface area contributed by atoms with Crippen LogP contribution in [0.4, 0.5) is 0 Å². The summed E-state index contributed by atoms with van der Waals surface area (Å²) in [4.78, 5) is 2.75. The molecule has 0 bridgehead atoms. The van der Waals surface area contributed by atoms with Crippen LogP contribution in [0, 0.1) is 0 Å². The summed E-state index contributed by atoms with van der Waals surface area (Å²) in [5.41, 5.74) is 2.70. The number of fused-ring (bicyclic) bond motifs is 1. The van der Waals surface area contributed by atoms with Crippen molar-refractivity contribution in [3.63, 3.8) is 0 Å². The van der Waals surface area contributed by atoms with E-state index in [0.717, 1.165) is 0 Å². The van der Waals surface area contributed by atoms with Crippen LogP contribution in [-0.4, -0.2) is 11.5 Å². The summed E-state index contributed by atoms with van der Waals surface area (Å²) in [5, 5.41) is 0. The van der Waals surface area contributed by atoms with Crippen LogP contribution < -0.4 is 0 Å². The van der Waals surface area contributed by atoms with Crippen molar-refractivity contribution >= 4 is 76.1 Å². The van der Waals surface area contributed by atoms with Gasteiger partial charge < -0.3 is 0 Å². The van der Waals surface area contributed by atoms with E-state index in [1.165, 1.54) is 49.4 Å². The Morgan fingerprint density at radius 2 is 1.35 bits per heavy atom. The fourth-order valence-electron chi connectivity index (χ4n) is 3.00. The van der Waals surface area contributed by atoms with E-state index in [9.17, 15) is 0 Å². The van der Waals surface area contributed by atoms with Gasteiger partial charge in [0.2, 0.25) is 0 Å². The number of hydrogen-bond donors (Lipinski definition) is 0. The standard InChI is InChI=1S/C19H13S6.C5H5.Fe/c1-2-6-12(5-1)13(17-24-18-19(25-17)21-10-9-20-18)11-16-22-14-7-3-4-8-15(14)23-16;1-2-4-5-3-1;/h1-8,11H,9-10H2;1-5H;/q2*-1;. The van der Waals surface area contributed by atoms with Crippen molar-refractivity contribution in [2.45, 2.75) is 9.79 Å². The van der Waals surface area contributed by atoms with Gasteiger partial charge in [-0.3, -0.25) is 0 Å². The van der Waals surface area contributed by atoms with Gasteiger partial charge in [-0.05, 0) is 16.4 Å². The molecule has 0 aliphatic carbocycles. The molecule has 0 radical (unpaired) electrons. The van der Waals surface area contributed by atoms with Gasteiger partial charge in [-0.25, -0.2) is 12.1 Å². The average Bonchev–Trinajstić information content (AvgIpc) is 3.57. The second-order valence-electron chi connectivity index (χ2n) is 6.43. The van der Waals surface area contributed by atoms with Crippen molar-refractivity contribution in [3.8, 4) is 0 Å². The van der Waals surface area contributed by atoms with Crippen molar-refractivity contribution in [1.29, 1.82) is 0 Å². The summed E-state index contributed by atoms with van der Waals surface area (Å²) in [6.07, 6.45) is 2.40. The third kappa shape index (κ3) is 6.01. The number of rotatable bonds is 2. The van der Waals surface area contributed by atoms with Crippen molar-refractivity contribution in [2.24, 2.45) is 0 Å². The Morgan fingerprint density at radius 3 is 1.87 bits per heavy atom. The summed E-state index contributed by atoms with van der Waals surface area (Å²) < 4.78 is 5.82. The van der Waals surface area contributed by atoms with Gasteiger partial charge >= 0.3 is 0 Å². The summed E-state index contributed by atoms with van der Waals surface area (Å²) >= 11 is 11.8. The predicted molar refractivity (Wildman–Crippen MR) is 144 cm³/mol. The van der Waals surface area contributed by atoms with Crippen molar-refractivity contribution < 1.29 is 17.1 Å². The monoisotopic (exact) mass is 554 g/mol. The summed E-state index contributed by atoms with van der Waals surface area (Å²) in [7, 11) is 0. The zero-order valence-electron chi connectivity index (χ0n) is 16.3. The molecule has 0 amide bonds. The minimum absolute atomic E-state index is 0. The second-order valence-corrected chi connectivity index (χ2v) is 13.9. The van der Waals surface area contributed by atoms with E-state index in [1.54, 1.807) is 0 Å². The Kier molecular flexibility index (Phi) is 9.06. The van der Waals surface area contributed by atoms with Gasteiger partial charge in [0.25, 0.3) is 0 Å². The molecule has 6 rings (SSSR count). The fourth-order valence-corrected chi connectivity index (χ4v) is 11.4. The summed E-state index contributed by atoms with van der Waals surface area (Å²) in [5.74, 6) is 2.47. The predicted octanol–water partition coefficient (Wildman–Crippen LogP) is 9.30. The second kappa shape index (κ2) is 11.8. The topological polar surface area (TPSA) is 0 Å². The fraction of sp³-hybridized carbons (Fsp3) is 0.0833. The Labute approximate surface area is 220 Å². The molecule has 0 saturated heterocycles. The van der Waals surface area contributed by atoms with E-state index >= 15 is 0 Å². The van der Waals surface area contributed by atoms with E-state index in [-0.39, 0.29) is 17.1 Å². The first-order valence-electron chi connectivity index (χ1n) is 9.52. The molecule has 160 valence electrons. The number of benzene rings is 1. The zero-order chi connectivity index (χ0) is 20.2. The maximum atomic E-state index is 2.40. The Morgan fingerprint density at radius 1 is 0.774 bits per heavy atom. The number of allylic oxidation sites excluding steroid dienone is 2. The first-order chi connectivity index (χ1) is 14.9. The van der Waals surface area contributed by atoms with Crippen LogP contribution in [0.3, 0.4) is 0 Å². The van der Waals surface area contributed by atoms with Crippen LogP contribution in [-0.2, 0) is 17.1 Å². The molecule has 0 fully saturated rings. The summed E-state index contributed by atoms with van der Waals surface area (Å²) in [6.45, 7) is 0. The first-order valence-corrected chi connectivity index (χ1v) is 14.8. The van der Waals surface area contributed by atoms with Crippen LogP contribution in [0.25, 0.3) is 5.57 Å². The molecule has 0 nitrogen and oxygen atoms in total. The van der Waals surface area contributed by atoms with Crippen LogP contribution in [0.1, 0.15) is 5.56 Å². The van der Waals surface area contributed by atoms with Crippen LogP contribution in [0.15, 0.2) is 112 Å². The molecule has 0 atom stereocenters. The molecule has 0 aromatic heterocycles. The van der Waals surface area contributed by atoms with E-state index in [4.69, 9.17) is 0 Å². The maximum absolute atomic E-state index is 2.40. The molecular formula is C24H18FeS6-2. The molecule has 31 heavy (non-hydrogen) atoms. The minimum Gasteiger partial charge on any atom is -0.214 e. The average molecular weight is 555 g/mol. The smallest absolute Gasteiger partial charge is 0.0577 e. The number of thioether (sulfide) groups is 6. The molecule has 0 spiro atoms. The largest absolute Gasteiger partial charge is 0.214 e. The van der Waals surface area contributed by atoms with E-state index in [1.807, 2.05) is 101 Å². The van der Waals surface area contributed by atoms with E-state index < -0.39 is 0 Å². The molecule has 3 heterocycles. The molecule has 3 aromatic rings. The zero-order valence-corrected chi connectivity index (χ0v) is 22.3. The van der Waals surface area contributed by atoms with Crippen molar-refractivity contribution in [2.75, 3.05) is 11.5 Å². The SMILES string of the molecule is C(=C1Sc2ccccc2S1)C(=C1SC2=C(SCCS2)S1)[c-]1cccc1.[Fe].c1cc[cH-]c1. The Balaban J connectivity index is 0.000000342. The Bertz CT molecular complexity index is 1030. The van der Waals surface area contributed by atoms with Crippen LogP contribution in [0.5, 0.6) is 0 Å². The van der Waals surface area contributed by atoms with Gasteiger partial charge in [-0.1, -0.05) is 52.9 Å². The Hall–Kier alpha value is -0.241. The molecule has 0 saturated carbocycles. The molecule has 3 aliphatic heterocycles.